The zero-order valence-corrected chi connectivity index (χ0v) is 11.7. The molecule has 7 nitrogen and oxygen atoms in total. The molecule has 1 atom stereocenters. The number of nitrogens with zero attached hydrogens (tertiary/aromatic N) is 1. The molecule has 1 fully saturated rings. The van der Waals surface area contributed by atoms with Crippen molar-refractivity contribution < 1.29 is 29.1 Å². The average Bonchev–Trinajstić information content (AvgIpc) is 2.70. The van der Waals surface area contributed by atoms with Crippen LogP contribution in [0.2, 0.25) is 0 Å². The Hall–Kier alpha value is -1.63. The van der Waals surface area contributed by atoms with Gasteiger partial charge in [-0.1, -0.05) is 6.42 Å². The highest BCUT2D eigenvalue weighted by Gasteiger charge is 2.32. The van der Waals surface area contributed by atoms with E-state index in [1.54, 1.807) is 6.92 Å². The first-order chi connectivity index (χ1) is 9.54. The number of hydrogen-bond acceptors (Lipinski definition) is 6. The lowest BCUT2D eigenvalue weighted by molar-refractivity contribution is -0.220. The van der Waals surface area contributed by atoms with E-state index in [4.69, 9.17) is 9.57 Å². The summed E-state index contributed by atoms with van der Waals surface area (Å²) in [5.74, 6) is -1.16. The molecule has 0 bridgehead atoms. The van der Waals surface area contributed by atoms with Crippen molar-refractivity contribution in [2.45, 2.75) is 58.1 Å². The summed E-state index contributed by atoms with van der Waals surface area (Å²) in [6.45, 7) is 2.12. The Labute approximate surface area is 117 Å². The molecule has 114 valence electrons. The maximum absolute atomic E-state index is 11.5. The summed E-state index contributed by atoms with van der Waals surface area (Å²) in [6.07, 6.45) is 1.85. The van der Waals surface area contributed by atoms with Gasteiger partial charge in [-0.3, -0.25) is 9.59 Å². The minimum atomic E-state index is -1.03. The number of unbranched alkanes of at least 4 members (excludes halogenated alkanes) is 2. The number of carbonyl (C=O) groups is 3. The van der Waals surface area contributed by atoms with Crippen LogP contribution in [0, 0.1) is 0 Å². The third-order valence-corrected chi connectivity index (χ3v) is 2.90. The van der Waals surface area contributed by atoms with Gasteiger partial charge in [-0.05, 0) is 19.8 Å². The van der Waals surface area contributed by atoms with Crippen molar-refractivity contribution in [1.82, 2.24) is 5.06 Å². The van der Waals surface area contributed by atoms with Crippen LogP contribution >= 0.6 is 0 Å². The molecule has 0 saturated carbocycles. The zero-order valence-electron chi connectivity index (χ0n) is 11.7. The Morgan fingerprint density at radius 2 is 1.90 bits per heavy atom. The summed E-state index contributed by atoms with van der Waals surface area (Å²) >= 11 is 0. The van der Waals surface area contributed by atoms with Gasteiger partial charge in [-0.15, -0.1) is 5.06 Å². The van der Waals surface area contributed by atoms with Gasteiger partial charge in [0.25, 0.3) is 5.91 Å². The average molecular weight is 287 g/mol. The third-order valence-electron chi connectivity index (χ3n) is 2.90. The molecule has 1 rings (SSSR count). The number of hydrogen-bond donors (Lipinski definition) is 1. The fraction of sp³-hybridized carbons (Fsp3) is 0.769. The molecule has 1 saturated heterocycles. The molecule has 1 aliphatic rings. The number of carbonyl (C=O) groups excluding carboxylic acids is 3. The first kappa shape index (κ1) is 16.4. The molecule has 1 unspecified atom stereocenters. The van der Waals surface area contributed by atoms with Crippen molar-refractivity contribution in [2.75, 3.05) is 6.61 Å². The Morgan fingerprint density at radius 3 is 2.45 bits per heavy atom. The Kier molecular flexibility index (Phi) is 7.00. The summed E-state index contributed by atoms with van der Waals surface area (Å²) in [6, 6.07) is 0. The van der Waals surface area contributed by atoms with Crippen LogP contribution in [0.15, 0.2) is 0 Å². The van der Waals surface area contributed by atoms with E-state index >= 15 is 0 Å². The molecule has 1 amide bonds. The van der Waals surface area contributed by atoms with E-state index in [1.165, 1.54) is 0 Å². The highest BCUT2D eigenvalue weighted by molar-refractivity contribution is 5.79. The second-order valence-corrected chi connectivity index (χ2v) is 4.57. The summed E-state index contributed by atoms with van der Waals surface area (Å²) in [5, 5.41) is 10.1. The van der Waals surface area contributed by atoms with Gasteiger partial charge in [0.05, 0.1) is 6.61 Å². The summed E-state index contributed by atoms with van der Waals surface area (Å²) < 4.78 is 4.78. The maximum atomic E-state index is 11.5. The quantitative estimate of drug-likeness (QED) is 0.526. The van der Waals surface area contributed by atoms with Gasteiger partial charge in [-0.25, -0.2) is 4.79 Å². The smallest absolute Gasteiger partial charge is 0.332 e. The Bertz CT molecular complexity index is 357. The molecular formula is C13H21NO6. The van der Waals surface area contributed by atoms with Crippen molar-refractivity contribution in [2.24, 2.45) is 0 Å². The SMILES string of the molecule is CCOC(=O)CCCCCC(=O)ON1C(=O)CCC1O. The molecule has 7 heteroatoms. The number of esters is 1. The Morgan fingerprint density at radius 1 is 1.25 bits per heavy atom. The summed E-state index contributed by atoms with van der Waals surface area (Å²) in [7, 11) is 0. The van der Waals surface area contributed by atoms with E-state index in [0.717, 1.165) is 5.06 Å². The predicted molar refractivity (Wildman–Crippen MR) is 67.9 cm³/mol. The van der Waals surface area contributed by atoms with Gasteiger partial charge in [-0.2, -0.15) is 0 Å². The third kappa shape index (κ3) is 5.56. The normalized spacial score (nSPS) is 18.2. The first-order valence-electron chi connectivity index (χ1n) is 6.91. The first-order valence-corrected chi connectivity index (χ1v) is 6.91. The Balaban J connectivity index is 2.08. The zero-order chi connectivity index (χ0) is 15.0. The molecule has 0 aliphatic carbocycles. The highest BCUT2D eigenvalue weighted by Crippen LogP contribution is 2.17. The fourth-order valence-corrected chi connectivity index (χ4v) is 1.86. The predicted octanol–water partition coefficient (Wildman–Crippen LogP) is 0.899. The van der Waals surface area contributed by atoms with E-state index in [2.05, 4.69) is 0 Å². The number of aliphatic hydroxyl groups is 1. The van der Waals surface area contributed by atoms with Gasteiger partial charge in [0.15, 0.2) is 6.23 Å². The standard InChI is InChI=1S/C13H21NO6/c1-2-19-12(17)6-4-3-5-7-13(18)20-14-10(15)8-9-11(14)16/h10,15H,2-9H2,1H3. The van der Waals surface area contributed by atoms with Crippen LogP contribution < -0.4 is 0 Å². The van der Waals surface area contributed by atoms with Crippen LogP contribution in [-0.2, 0) is 24.0 Å². The summed E-state index contributed by atoms with van der Waals surface area (Å²) in [4.78, 5) is 38.6. The molecule has 20 heavy (non-hydrogen) atoms. The molecule has 0 spiro atoms. The number of hydroxylamine groups is 2. The van der Waals surface area contributed by atoms with Crippen LogP contribution in [0.5, 0.6) is 0 Å². The van der Waals surface area contributed by atoms with Crippen molar-refractivity contribution >= 4 is 17.8 Å². The topological polar surface area (TPSA) is 93.1 Å². The fourth-order valence-electron chi connectivity index (χ4n) is 1.86. The lowest BCUT2D eigenvalue weighted by atomic mass is 10.1. The van der Waals surface area contributed by atoms with Crippen LogP contribution in [-0.4, -0.2) is 40.9 Å². The highest BCUT2D eigenvalue weighted by atomic mass is 16.7. The van der Waals surface area contributed by atoms with Crippen molar-refractivity contribution in [3.8, 4) is 0 Å². The van der Waals surface area contributed by atoms with E-state index in [9.17, 15) is 19.5 Å². The number of rotatable bonds is 8. The molecule has 0 aromatic rings. The van der Waals surface area contributed by atoms with Gasteiger partial charge in [0.2, 0.25) is 0 Å². The second-order valence-electron chi connectivity index (χ2n) is 4.57. The van der Waals surface area contributed by atoms with Crippen LogP contribution in [0.3, 0.4) is 0 Å². The van der Waals surface area contributed by atoms with Gasteiger partial charge < -0.3 is 14.7 Å². The largest absolute Gasteiger partial charge is 0.466 e. The van der Waals surface area contributed by atoms with E-state index in [0.29, 0.717) is 32.3 Å². The minimum Gasteiger partial charge on any atom is -0.466 e. The van der Waals surface area contributed by atoms with Crippen LogP contribution in [0.25, 0.3) is 0 Å². The molecule has 1 N–H and O–H groups in total. The number of aliphatic hydroxyl groups excluding tert-OH is 1. The van der Waals surface area contributed by atoms with Crippen LogP contribution in [0.1, 0.15) is 51.9 Å². The lowest BCUT2D eigenvalue weighted by Crippen LogP contribution is -2.35. The monoisotopic (exact) mass is 287 g/mol. The van der Waals surface area contributed by atoms with Gasteiger partial charge in [0.1, 0.15) is 0 Å². The van der Waals surface area contributed by atoms with E-state index in [1.807, 2.05) is 0 Å². The molecule has 1 heterocycles. The van der Waals surface area contributed by atoms with E-state index < -0.39 is 12.2 Å². The van der Waals surface area contributed by atoms with Crippen molar-refractivity contribution in [1.29, 1.82) is 0 Å². The number of amides is 1. The van der Waals surface area contributed by atoms with Crippen LogP contribution in [0.4, 0.5) is 0 Å². The minimum absolute atomic E-state index is 0.152. The molecule has 0 radical (unpaired) electrons. The second kappa shape index (κ2) is 8.52. The van der Waals surface area contributed by atoms with Crippen molar-refractivity contribution in [3.63, 3.8) is 0 Å². The number of ether oxygens (including phenoxy) is 1. The summed E-state index contributed by atoms with van der Waals surface area (Å²) in [5.41, 5.74) is 0. The lowest BCUT2D eigenvalue weighted by Gasteiger charge is -2.18. The molecule has 1 aliphatic heterocycles. The van der Waals surface area contributed by atoms with E-state index in [-0.39, 0.29) is 31.1 Å². The molecule has 0 aromatic heterocycles. The van der Waals surface area contributed by atoms with Crippen molar-refractivity contribution in [3.05, 3.63) is 0 Å². The molecular weight excluding hydrogens is 266 g/mol. The van der Waals surface area contributed by atoms with Gasteiger partial charge >= 0.3 is 11.9 Å². The maximum Gasteiger partial charge on any atom is 0.332 e. The van der Waals surface area contributed by atoms with Gasteiger partial charge in [0, 0.05) is 25.7 Å². The molecule has 0 aromatic carbocycles.